The summed E-state index contributed by atoms with van der Waals surface area (Å²) in [4.78, 5) is 16.8. The molecule has 0 aliphatic carbocycles. The van der Waals surface area contributed by atoms with E-state index in [-0.39, 0.29) is 17.3 Å². The Morgan fingerprint density at radius 3 is 2.68 bits per heavy atom. The number of primary sulfonamides is 1. The van der Waals surface area contributed by atoms with Crippen LogP contribution in [0.5, 0.6) is 0 Å². The summed E-state index contributed by atoms with van der Waals surface area (Å²) in [7, 11) is -1.74. The summed E-state index contributed by atoms with van der Waals surface area (Å²) >= 11 is 0. The fourth-order valence-electron chi connectivity index (χ4n) is 3.55. The van der Waals surface area contributed by atoms with E-state index in [1.54, 1.807) is 12.1 Å². The smallest absolute Gasteiger partial charge is 0.238 e. The molecule has 1 heterocycles. The lowest BCUT2D eigenvalue weighted by Crippen LogP contribution is -2.42. The van der Waals surface area contributed by atoms with E-state index < -0.39 is 10.0 Å². The number of sulfonamides is 1. The van der Waals surface area contributed by atoms with E-state index in [1.165, 1.54) is 12.1 Å². The maximum atomic E-state index is 12.5. The average molecular weight is 403 g/mol. The van der Waals surface area contributed by atoms with Crippen molar-refractivity contribution in [2.24, 2.45) is 5.14 Å². The van der Waals surface area contributed by atoms with Crippen LogP contribution >= 0.6 is 0 Å². The molecule has 1 aliphatic rings. The molecule has 8 heteroatoms. The number of hydrogen-bond acceptors (Lipinski definition) is 5. The largest absolute Gasteiger partial charge is 0.373 e. The molecular formula is C20H26N4O3S. The van der Waals surface area contributed by atoms with Crippen LogP contribution < -0.4 is 15.4 Å². The van der Waals surface area contributed by atoms with E-state index in [0.29, 0.717) is 11.7 Å². The zero-order valence-corrected chi connectivity index (χ0v) is 16.7. The highest BCUT2D eigenvalue weighted by atomic mass is 32.2. The van der Waals surface area contributed by atoms with Crippen LogP contribution in [0.25, 0.3) is 0 Å². The van der Waals surface area contributed by atoms with Crippen molar-refractivity contribution < 1.29 is 13.2 Å². The third-order valence-electron chi connectivity index (χ3n) is 4.97. The van der Waals surface area contributed by atoms with Crippen LogP contribution in [0.15, 0.2) is 59.5 Å². The molecule has 1 amide bonds. The van der Waals surface area contributed by atoms with Crippen molar-refractivity contribution in [3.63, 3.8) is 0 Å². The molecule has 2 aromatic carbocycles. The van der Waals surface area contributed by atoms with Crippen LogP contribution in [0.4, 0.5) is 11.4 Å². The Bertz CT molecular complexity index is 918. The Morgan fingerprint density at radius 2 is 1.96 bits per heavy atom. The van der Waals surface area contributed by atoms with Gasteiger partial charge in [-0.25, -0.2) is 13.6 Å². The number of likely N-dealkylation sites (N-methyl/N-ethyl adjacent to an activating group) is 1. The maximum Gasteiger partial charge on any atom is 0.238 e. The number of nitrogens with two attached hydrogens (primary N) is 1. The lowest BCUT2D eigenvalue weighted by molar-refractivity contribution is -0.117. The number of likely N-dealkylation sites (tertiary alicyclic amines) is 1. The molecule has 1 saturated heterocycles. The van der Waals surface area contributed by atoms with Crippen LogP contribution in [0.2, 0.25) is 0 Å². The van der Waals surface area contributed by atoms with Gasteiger partial charge in [-0.2, -0.15) is 0 Å². The molecule has 0 unspecified atom stereocenters. The highest BCUT2D eigenvalue weighted by Gasteiger charge is 2.27. The molecule has 0 saturated carbocycles. The van der Waals surface area contributed by atoms with Gasteiger partial charge in [-0.05, 0) is 49.7 Å². The minimum Gasteiger partial charge on any atom is -0.373 e. The van der Waals surface area contributed by atoms with Gasteiger partial charge in [-0.3, -0.25) is 9.69 Å². The van der Waals surface area contributed by atoms with Crippen LogP contribution in [0, 0.1) is 0 Å². The second kappa shape index (κ2) is 8.72. The van der Waals surface area contributed by atoms with Crippen molar-refractivity contribution in [3.8, 4) is 0 Å². The van der Waals surface area contributed by atoms with E-state index in [0.717, 1.165) is 31.6 Å². The first-order valence-electron chi connectivity index (χ1n) is 9.26. The van der Waals surface area contributed by atoms with E-state index in [4.69, 9.17) is 5.14 Å². The van der Waals surface area contributed by atoms with Crippen molar-refractivity contribution in [2.45, 2.75) is 23.8 Å². The Kier molecular flexibility index (Phi) is 6.33. The number of carbonyl (C=O) groups excluding carboxylic acids is 1. The fourth-order valence-corrected chi connectivity index (χ4v) is 4.11. The number of nitrogens with zero attached hydrogens (tertiary/aromatic N) is 2. The van der Waals surface area contributed by atoms with Crippen molar-refractivity contribution in [1.29, 1.82) is 0 Å². The van der Waals surface area contributed by atoms with Crippen molar-refractivity contribution in [2.75, 3.05) is 36.9 Å². The summed E-state index contributed by atoms with van der Waals surface area (Å²) in [6.45, 7) is 1.99. The second-order valence-electron chi connectivity index (χ2n) is 7.10. The Hall–Kier alpha value is -2.42. The summed E-state index contributed by atoms with van der Waals surface area (Å²) in [5, 5.41) is 7.92. The van der Waals surface area contributed by atoms with Crippen molar-refractivity contribution in [3.05, 3.63) is 54.6 Å². The minimum atomic E-state index is -3.80. The topological polar surface area (TPSA) is 95.7 Å². The molecule has 1 aliphatic heterocycles. The summed E-state index contributed by atoms with van der Waals surface area (Å²) in [5.41, 5.74) is 1.58. The Balaban J connectivity index is 1.59. The Labute approximate surface area is 166 Å². The van der Waals surface area contributed by atoms with Crippen LogP contribution in [-0.4, -0.2) is 51.9 Å². The highest BCUT2D eigenvalue weighted by molar-refractivity contribution is 7.89. The first kappa shape index (κ1) is 20.3. The monoisotopic (exact) mass is 402 g/mol. The van der Waals surface area contributed by atoms with Gasteiger partial charge in [0.1, 0.15) is 0 Å². The van der Waals surface area contributed by atoms with E-state index in [1.807, 2.05) is 18.2 Å². The highest BCUT2D eigenvalue weighted by Crippen LogP contribution is 2.21. The lowest BCUT2D eigenvalue weighted by atomic mass is 10.2. The normalized spacial score (nSPS) is 17.4. The van der Waals surface area contributed by atoms with Crippen LogP contribution in [0.3, 0.4) is 0 Å². The molecule has 7 nitrogen and oxygen atoms in total. The average Bonchev–Trinajstić information content (AvgIpc) is 3.08. The Morgan fingerprint density at radius 1 is 1.21 bits per heavy atom. The third-order valence-corrected chi connectivity index (χ3v) is 5.88. The number of para-hydroxylation sites is 1. The van der Waals surface area contributed by atoms with Gasteiger partial charge >= 0.3 is 0 Å². The molecule has 0 aromatic heterocycles. The molecule has 0 spiro atoms. The summed E-state index contributed by atoms with van der Waals surface area (Å²) in [6.07, 6.45) is 2.10. The number of carbonyl (C=O) groups is 1. The third kappa shape index (κ3) is 5.31. The number of nitrogens with one attached hydrogen (secondary N) is 1. The second-order valence-corrected chi connectivity index (χ2v) is 8.67. The molecule has 28 heavy (non-hydrogen) atoms. The molecule has 150 valence electrons. The molecule has 3 rings (SSSR count). The maximum absolute atomic E-state index is 12.5. The zero-order valence-electron chi connectivity index (χ0n) is 15.9. The van der Waals surface area contributed by atoms with Gasteiger partial charge in [-0.15, -0.1) is 0 Å². The summed E-state index contributed by atoms with van der Waals surface area (Å²) in [5.74, 6) is -0.166. The standard InChI is InChI=1S/C20H26N4O3S/c1-23(17-8-3-2-4-9-17)14-18-10-6-12-24(18)15-20(25)22-16-7-5-11-19(13-16)28(21,26)27/h2-5,7-9,11,13,18H,6,10,12,14-15H2,1H3,(H,22,25)(H2,21,26,27)/t18-/m0/s1. The predicted molar refractivity (Wildman–Crippen MR) is 111 cm³/mol. The van der Waals surface area contributed by atoms with Gasteiger partial charge in [0.05, 0.1) is 11.4 Å². The van der Waals surface area contributed by atoms with Gasteiger partial charge in [0.15, 0.2) is 0 Å². The van der Waals surface area contributed by atoms with E-state index in [2.05, 4.69) is 34.3 Å². The molecule has 2 aromatic rings. The van der Waals surface area contributed by atoms with Crippen molar-refractivity contribution in [1.82, 2.24) is 4.90 Å². The predicted octanol–water partition coefficient (Wildman–Crippen LogP) is 1.87. The fraction of sp³-hybridized carbons (Fsp3) is 0.350. The van der Waals surface area contributed by atoms with Gasteiger partial charge in [0.25, 0.3) is 0 Å². The summed E-state index contributed by atoms with van der Waals surface area (Å²) < 4.78 is 22.9. The van der Waals surface area contributed by atoms with E-state index in [9.17, 15) is 13.2 Å². The number of anilines is 2. The minimum absolute atomic E-state index is 0.0196. The molecule has 1 fully saturated rings. The molecule has 1 atom stereocenters. The van der Waals surface area contributed by atoms with Gasteiger partial charge in [0, 0.05) is 31.0 Å². The number of amides is 1. The van der Waals surface area contributed by atoms with E-state index >= 15 is 0 Å². The van der Waals surface area contributed by atoms with Gasteiger partial charge in [-0.1, -0.05) is 24.3 Å². The lowest BCUT2D eigenvalue weighted by Gasteiger charge is -2.29. The SMILES string of the molecule is CN(C[C@@H]1CCCN1CC(=O)Nc1cccc(S(N)(=O)=O)c1)c1ccccc1. The van der Waals surface area contributed by atoms with Gasteiger partial charge in [0.2, 0.25) is 15.9 Å². The first-order valence-corrected chi connectivity index (χ1v) is 10.8. The molecular weight excluding hydrogens is 376 g/mol. The number of rotatable bonds is 7. The quantitative estimate of drug-likeness (QED) is 0.737. The molecule has 3 N–H and O–H groups in total. The number of benzene rings is 2. The first-order chi connectivity index (χ1) is 13.3. The molecule has 0 radical (unpaired) electrons. The molecule has 0 bridgehead atoms. The van der Waals surface area contributed by atoms with Crippen molar-refractivity contribution >= 4 is 27.3 Å². The zero-order chi connectivity index (χ0) is 20.1. The number of hydrogen-bond donors (Lipinski definition) is 2. The van der Waals surface area contributed by atoms with Crippen LogP contribution in [-0.2, 0) is 14.8 Å². The van der Waals surface area contributed by atoms with Crippen LogP contribution in [0.1, 0.15) is 12.8 Å². The van der Waals surface area contributed by atoms with Gasteiger partial charge < -0.3 is 10.2 Å². The summed E-state index contributed by atoms with van der Waals surface area (Å²) in [6, 6.07) is 16.5.